The van der Waals surface area contributed by atoms with Crippen LogP contribution in [0, 0.1) is 0 Å². The SMILES string of the molecule is CNC(=O)c1ccc(/C=C2/SC(N3CCCCC3)=NC2=O)cc1. The fourth-order valence-electron chi connectivity index (χ4n) is 2.64. The van der Waals surface area contributed by atoms with Gasteiger partial charge in [-0.2, -0.15) is 4.99 Å². The predicted octanol–water partition coefficient (Wildman–Crippen LogP) is 2.50. The molecule has 0 unspecified atom stereocenters. The van der Waals surface area contributed by atoms with Crippen LogP contribution in [0.15, 0.2) is 34.2 Å². The lowest BCUT2D eigenvalue weighted by molar-refractivity contribution is -0.113. The van der Waals surface area contributed by atoms with Crippen molar-refractivity contribution in [1.82, 2.24) is 10.2 Å². The number of carbonyl (C=O) groups excluding carboxylic acids is 2. The number of amidine groups is 1. The second-order valence-corrected chi connectivity index (χ2v) is 6.57. The van der Waals surface area contributed by atoms with E-state index in [-0.39, 0.29) is 11.8 Å². The second kappa shape index (κ2) is 7.00. The fourth-order valence-corrected chi connectivity index (χ4v) is 3.61. The van der Waals surface area contributed by atoms with Crippen molar-refractivity contribution in [2.24, 2.45) is 4.99 Å². The van der Waals surface area contributed by atoms with Crippen LogP contribution in [0.25, 0.3) is 6.08 Å². The van der Waals surface area contributed by atoms with Crippen molar-refractivity contribution >= 4 is 34.8 Å². The molecule has 0 atom stereocenters. The summed E-state index contributed by atoms with van der Waals surface area (Å²) in [5, 5.41) is 3.41. The van der Waals surface area contributed by atoms with E-state index in [0.717, 1.165) is 36.7 Å². The minimum absolute atomic E-state index is 0.119. The van der Waals surface area contributed by atoms with Crippen LogP contribution in [0.5, 0.6) is 0 Å². The number of aliphatic imine (C=N–C) groups is 1. The summed E-state index contributed by atoms with van der Waals surface area (Å²) in [5.74, 6) is -0.294. The number of carbonyl (C=O) groups is 2. The van der Waals surface area contributed by atoms with Crippen molar-refractivity contribution in [2.75, 3.05) is 20.1 Å². The molecule has 5 nitrogen and oxygen atoms in total. The van der Waals surface area contributed by atoms with Gasteiger partial charge in [0.05, 0.1) is 4.91 Å². The molecule has 1 saturated heterocycles. The Labute approximate surface area is 139 Å². The van der Waals surface area contributed by atoms with Gasteiger partial charge in [0, 0.05) is 25.7 Å². The standard InChI is InChI=1S/C17H19N3O2S/c1-18-15(21)13-7-5-12(6-8-13)11-14-16(22)19-17(23-14)20-9-3-2-4-10-20/h5-8,11H,2-4,9-10H2,1H3,(H,18,21)/b14-11+. The first-order chi connectivity index (χ1) is 11.2. The highest BCUT2D eigenvalue weighted by atomic mass is 32.2. The molecule has 1 aromatic rings. The van der Waals surface area contributed by atoms with Crippen LogP contribution < -0.4 is 5.32 Å². The highest BCUT2D eigenvalue weighted by Crippen LogP contribution is 2.31. The number of benzene rings is 1. The largest absolute Gasteiger partial charge is 0.355 e. The molecular formula is C17H19N3O2S. The Balaban J connectivity index is 1.71. The van der Waals surface area contributed by atoms with Crippen molar-refractivity contribution in [2.45, 2.75) is 19.3 Å². The summed E-state index contributed by atoms with van der Waals surface area (Å²) < 4.78 is 0. The Bertz CT molecular complexity index is 674. The molecule has 0 spiro atoms. The molecule has 0 saturated carbocycles. The van der Waals surface area contributed by atoms with Crippen LogP contribution in [0.1, 0.15) is 35.2 Å². The Morgan fingerprint density at radius 2 is 1.91 bits per heavy atom. The quantitative estimate of drug-likeness (QED) is 0.847. The normalized spacial score (nSPS) is 19.9. The number of nitrogens with zero attached hydrogens (tertiary/aromatic N) is 2. The highest BCUT2D eigenvalue weighted by Gasteiger charge is 2.26. The maximum atomic E-state index is 12.1. The minimum Gasteiger partial charge on any atom is -0.355 e. The van der Waals surface area contributed by atoms with Gasteiger partial charge in [-0.05, 0) is 54.8 Å². The van der Waals surface area contributed by atoms with Gasteiger partial charge >= 0.3 is 0 Å². The number of likely N-dealkylation sites (tertiary alicyclic amines) is 1. The first-order valence-electron chi connectivity index (χ1n) is 7.77. The Morgan fingerprint density at radius 1 is 1.22 bits per heavy atom. The summed E-state index contributed by atoms with van der Waals surface area (Å²) in [6.07, 6.45) is 5.41. The number of amides is 2. The molecule has 0 radical (unpaired) electrons. The Kier molecular flexibility index (Phi) is 4.81. The predicted molar refractivity (Wildman–Crippen MR) is 93.3 cm³/mol. The summed E-state index contributed by atoms with van der Waals surface area (Å²) in [4.78, 5) is 30.6. The zero-order valence-corrected chi connectivity index (χ0v) is 13.9. The maximum Gasteiger partial charge on any atom is 0.286 e. The lowest BCUT2D eigenvalue weighted by Crippen LogP contribution is -2.33. The van der Waals surface area contributed by atoms with Crippen LogP contribution >= 0.6 is 11.8 Å². The van der Waals surface area contributed by atoms with Crippen molar-refractivity contribution in [3.63, 3.8) is 0 Å². The van der Waals surface area contributed by atoms with Gasteiger partial charge in [0.15, 0.2) is 5.17 Å². The Morgan fingerprint density at radius 3 is 2.57 bits per heavy atom. The lowest BCUT2D eigenvalue weighted by atomic mass is 10.1. The number of nitrogens with one attached hydrogen (secondary N) is 1. The molecule has 1 N–H and O–H groups in total. The monoisotopic (exact) mass is 329 g/mol. The van der Waals surface area contributed by atoms with Crippen molar-refractivity contribution < 1.29 is 9.59 Å². The van der Waals surface area contributed by atoms with Crippen molar-refractivity contribution in [1.29, 1.82) is 0 Å². The van der Waals surface area contributed by atoms with Gasteiger partial charge < -0.3 is 10.2 Å². The van der Waals surface area contributed by atoms with E-state index >= 15 is 0 Å². The third-order valence-electron chi connectivity index (χ3n) is 3.93. The average Bonchev–Trinajstić information content (AvgIpc) is 2.96. The third-order valence-corrected chi connectivity index (χ3v) is 4.98. The molecular weight excluding hydrogens is 310 g/mol. The summed E-state index contributed by atoms with van der Waals surface area (Å²) >= 11 is 1.44. The Hall–Kier alpha value is -2.08. The zero-order chi connectivity index (χ0) is 16.2. The number of piperidine rings is 1. The minimum atomic E-state index is -0.175. The van der Waals surface area contributed by atoms with Gasteiger partial charge in [-0.15, -0.1) is 0 Å². The molecule has 120 valence electrons. The van der Waals surface area contributed by atoms with E-state index in [1.54, 1.807) is 19.2 Å². The topological polar surface area (TPSA) is 61.8 Å². The summed E-state index contributed by atoms with van der Waals surface area (Å²) in [6, 6.07) is 7.18. The number of rotatable bonds is 2. The number of thioether (sulfide) groups is 1. The average molecular weight is 329 g/mol. The smallest absolute Gasteiger partial charge is 0.286 e. The van der Waals surface area contributed by atoms with Crippen molar-refractivity contribution in [3.8, 4) is 0 Å². The maximum absolute atomic E-state index is 12.1. The number of hydrogen-bond donors (Lipinski definition) is 1. The number of hydrogen-bond acceptors (Lipinski definition) is 4. The fraction of sp³-hybridized carbons (Fsp3) is 0.353. The summed E-state index contributed by atoms with van der Waals surface area (Å²) in [5.41, 5.74) is 1.49. The van der Waals surface area contributed by atoms with Crippen LogP contribution in [0.2, 0.25) is 0 Å². The molecule has 1 aromatic carbocycles. The van der Waals surface area contributed by atoms with Gasteiger partial charge in [0.25, 0.3) is 11.8 Å². The van der Waals surface area contributed by atoms with Gasteiger partial charge in [-0.25, -0.2) is 0 Å². The van der Waals surface area contributed by atoms with E-state index < -0.39 is 0 Å². The second-order valence-electron chi connectivity index (χ2n) is 5.56. The van der Waals surface area contributed by atoms with Gasteiger partial charge in [0.1, 0.15) is 0 Å². The van der Waals surface area contributed by atoms with E-state index in [2.05, 4.69) is 15.2 Å². The van der Waals surface area contributed by atoms with E-state index in [1.165, 1.54) is 18.2 Å². The van der Waals surface area contributed by atoms with Crippen LogP contribution in [0.3, 0.4) is 0 Å². The molecule has 2 amide bonds. The van der Waals surface area contributed by atoms with E-state index in [1.807, 2.05) is 18.2 Å². The first-order valence-corrected chi connectivity index (χ1v) is 8.58. The summed E-state index contributed by atoms with van der Waals surface area (Å²) in [6.45, 7) is 1.96. The van der Waals surface area contributed by atoms with Gasteiger partial charge in [-0.1, -0.05) is 12.1 Å². The first kappa shape index (κ1) is 15.8. The van der Waals surface area contributed by atoms with Crippen LogP contribution in [-0.2, 0) is 4.79 Å². The molecule has 2 heterocycles. The molecule has 6 heteroatoms. The van der Waals surface area contributed by atoms with Crippen molar-refractivity contribution in [3.05, 3.63) is 40.3 Å². The molecule has 0 bridgehead atoms. The zero-order valence-electron chi connectivity index (χ0n) is 13.0. The third kappa shape index (κ3) is 3.64. The molecule has 0 aliphatic carbocycles. The van der Waals surface area contributed by atoms with E-state index in [4.69, 9.17) is 0 Å². The van der Waals surface area contributed by atoms with E-state index in [9.17, 15) is 9.59 Å². The molecule has 23 heavy (non-hydrogen) atoms. The van der Waals surface area contributed by atoms with Gasteiger partial charge in [0.2, 0.25) is 0 Å². The molecule has 0 aromatic heterocycles. The molecule has 1 fully saturated rings. The van der Waals surface area contributed by atoms with Crippen LogP contribution in [-0.4, -0.2) is 42.0 Å². The highest BCUT2D eigenvalue weighted by molar-refractivity contribution is 8.18. The van der Waals surface area contributed by atoms with Gasteiger partial charge in [-0.3, -0.25) is 9.59 Å². The lowest BCUT2D eigenvalue weighted by Gasteiger charge is -2.27. The molecule has 3 rings (SSSR count). The van der Waals surface area contributed by atoms with Crippen LogP contribution in [0.4, 0.5) is 0 Å². The molecule has 2 aliphatic rings. The summed E-state index contributed by atoms with van der Waals surface area (Å²) in [7, 11) is 1.60. The van der Waals surface area contributed by atoms with E-state index in [0.29, 0.717) is 10.5 Å². The molecule has 2 aliphatic heterocycles.